The zero-order valence-corrected chi connectivity index (χ0v) is 17.2. The molecule has 1 heterocycles. The zero-order chi connectivity index (χ0) is 20.1. The van der Waals surface area contributed by atoms with Gasteiger partial charge in [0.15, 0.2) is 5.82 Å². The minimum absolute atomic E-state index is 0.295. The van der Waals surface area contributed by atoms with Crippen molar-refractivity contribution < 1.29 is 9.18 Å². The minimum Gasteiger partial charge on any atom is -0.372 e. The van der Waals surface area contributed by atoms with Crippen LogP contribution in [0.1, 0.15) is 10.4 Å². The SMILES string of the molecule is CNc1nc(-c2ccc(F)cc2)nc(SC)c1C(=O)Nc1ccc(SC)cc1. The highest BCUT2D eigenvalue weighted by Gasteiger charge is 2.21. The van der Waals surface area contributed by atoms with Crippen molar-refractivity contribution >= 4 is 40.9 Å². The first-order valence-corrected chi connectivity index (χ1v) is 10.9. The van der Waals surface area contributed by atoms with Gasteiger partial charge in [-0.1, -0.05) is 0 Å². The second-order valence-corrected chi connectivity index (χ2v) is 7.39. The molecule has 28 heavy (non-hydrogen) atoms. The van der Waals surface area contributed by atoms with Gasteiger partial charge in [0.05, 0.1) is 0 Å². The fraction of sp³-hybridized carbons (Fsp3) is 0.150. The van der Waals surface area contributed by atoms with Gasteiger partial charge in [0.2, 0.25) is 0 Å². The topological polar surface area (TPSA) is 66.9 Å². The lowest BCUT2D eigenvalue weighted by Gasteiger charge is -2.14. The Hall–Kier alpha value is -2.58. The Kier molecular flexibility index (Phi) is 6.53. The number of nitrogens with one attached hydrogen (secondary N) is 2. The number of hydrogen-bond acceptors (Lipinski definition) is 6. The molecule has 0 atom stereocenters. The number of rotatable bonds is 6. The van der Waals surface area contributed by atoms with Crippen LogP contribution in [0.5, 0.6) is 0 Å². The van der Waals surface area contributed by atoms with Crippen molar-refractivity contribution in [3.8, 4) is 11.4 Å². The highest BCUT2D eigenvalue weighted by atomic mass is 32.2. The molecule has 0 spiro atoms. The third-order valence-corrected chi connectivity index (χ3v) is 5.41. The number of thioether (sulfide) groups is 2. The molecular formula is C20H19FN4OS2. The van der Waals surface area contributed by atoms with E-state index in [2.05, 4.69) is 20.6 Å². The Morgan fingerprint density at radius 2 is 1.64 bits per heavy atom. The molecule has 8 heteroatoms. The van der Waals surface area contributed by atoms with Crippen LogP contribution in [0.15, 0.2) is 58.5 Å². The Morgan fingerprint density at radius 1 is 0.964 bits per heavy atom. The molecule has 5 nitrogen and oxygen atoms in total. The van der Waals surface area contributed by atoms with E-state index >= 15 is 0 Å². The smallest absolute Gasteiger partial charge is 0.262 e. The number of aromatic nitrogens is 2. The molecule has 3 rings (SSSR count). The summed E-state index contributed by atoms with van der Waals surface area (Å²) in [5.41, 5.74) is 1.74. The van der Waals surface area contributed by atoms with Gasteiger partial charge in [0, 0.05) is 23.2 Å². The summed E-state index contributed by atoms with van der Waals surface area (Å²) in [5, 5.41) is 6.41. The van der Waals surface area contributed by atoms with Crippen LogP contribution >= 0.6 is 23.5 Å². The maximum Gasteiger partial charge on any atom is 0.262 e. The van der Waals surface area contributed by atoms with Gasteiger partial charge in [-0.2, -0.15) is 0 Å². The fourth-order valence-corrected chi connectivity index (χ4v) is 3.55. The van der Waals surface area contributed by atoms with Crippen LogP contribution in [0.2, 0.25) is 0 Å². The minimum atomic E-state index is -0.328. The number of nitrogens with zero attached hydrogens (tertiary/aromatic N) is 2. The third kappa shape index (κ3) is 4.45. The Morgan fingerprint density at radius 3 is 2.21 bits per heavy atom. The van der Waals surface area contributed by atoms with E-state index in [0.717, 1.165) is 4.90 Å². The number of hydrogen-bond donors (Lipinski definition) is 2. The quantitative estimate of drug-likeness (QED) is 0.436. The molecule has 0 radical (unpaired) electrons. The average Bonchev–Trinajstić information content (AvgIpc) is 2.73. The Bertz CT molecular complexity index is 953. The van der Waals surface area contributed by atoms with Crippen molar-refractivity contribution in [1.82, 2.24) is 9.97 Å². The molecule has 3 aromatic rings. The summed E-state index contributed by atoms with van der Waals surface area (Å²) in [7, 11) is 1.70. The van der Waals surface area contributed by atoms with Crippen LogP contribution in [0.4, 0.5) is 15.9 Å². The first-order chi connectivity index (χ1) is 13.5. The summed E-state index contributed by atoms with van der Waals surface area (Å²) >= 11 is 2.99. The van der Waals surface area contributed by atoms with Gasteiger partial charge in [-0.25, -0.2) is 14.4 Å². The lowest BCUT2D eigenvalue weighted by molar-refractivity contribution is 0.102. The molecule has 0 aliphatic rings. The van der Waals surface area contributed by atoms with Gasteiger partial charge < -0.3 is 10.6 Å². The number of anilines is 2. The van der Waals surface area contributed by atoms with Crippen LogP contribution in [0.25, 0.3) is 11.4 Å². The van der Waals surface area contributed by atoms with Gasteiger partial charge >= 0.3 is 0 Å². The molecule has 2 N–H and O–H groups in total. The van der Waals surface area contributed by atoms with Crippen LogP contribution in [0.3, 0.4) is 0 Å². The highest BCUT2D eigenvalue weighted by Crippen LogP contribution is 2.29. The van der Waals surface area contributed by atoms with Crippen molar-refractivity contribution in [3.63, 3.8) is 0 Å². The molecule has 1 amide bonds. The number of halogens is 1. The molecule has 0 fully saturated rings. The van der Waals surface area contributed by atoms with Crippen molar-refractivity contribution in [3.05, 3.63) is 59.9 Å². The molecule has 1 aromatic heterocycles. The van der Waals surface area contributed by atoms with E-state index in [1.165, 1.54) is 23.9 Å². The van der Waals surface area contributed by atoms with Gasteiger partial charge in [0.25, 0.3) is 5.91 Å². The first kappa shape index (κ1) is 20.2. The van der Waals surface area contributed by atoms with E-state index in [1.807, 2.05) is 36.8 Å². The predicted molar refractivity (Wildman–Crippen MR) is 115 cm³/mol. The number of carbonyl (C=O) groups excluding carboxylic acids is 1. The molecule has 0 aliphatic heterocycles. The van der Waals surface area contributed by atoms with E-state index in [1.54, 1.807) is 30.9 Å². The Balaban J connectivity index is 1.96. The summed E-state index contributed by atoms with van der Waals surface area (Å²) in [6.07, 6.45) is 3.85. The van der Waals surface area contributed by atoms with Crippen molar-refractivity contribution in [2.24, 2.45) is 0 Å². The maximum absolute atomic E-state index is 13.2. The molecular weight excluding hydrogens is 395 g/mol. The molecule has 0 aliphatic carbocycles. The van der Waals surface area contributed by atoms with Crippen molar-refractivity contribution in [1.29, 1.82) is 0 Å². The van der Waals surface area contributed by atoms with Gasteiger partial charge in [0.1, 0.15) is 22.2 Å². The first-order valence-electron chi connectivity index (χ1n) is 8.41. The third-order valence-electron chi connectivity index (χ3n) is 3.98. The fourth-order valence-electron chi connectivity index (χ4n) is 2.57. The summed E-state index contributed by atoms with van der Waals surface area (Å²) in [5.74, 6) is 0.217. The van der Waals surface area contributed by atoms with Crippen molar-refractivity contribution in [2.45, 2.75) is 9.92 Å². The standard InChI is InChI=1S/C20H19FN4OS2/c1-22-18-16(19(26)23-14-8-10-15(27-2)11-9-14)20(28-3)25-17(24-18)12-4-6-13(21)7-5-12/h4-11H,1-3H3,(H,23,26)(H,22,24,25). The van der Waals surface area contributed by atoms with Crippen LogP contribution < -0.4 is 10.6 Å². The largest absolute Gasteiger partial charge is 0.372 e. The second kappa shape index (κ2) is 9.07. The van der Waals surface area contributed by atoms with Gasteiger partial charge in [-0.05, 0) is 61.0 Å². The normalized spacial score (nSPS) is 10.6. The summed E-state index contributed by atoms with van der Waals surface area (Å²) < 4.78 is 13.2. The van der Waals surface area contributed by atoms with E-state index in [4.69, 9.17) is 0 Å². The highest BCUT2D eigenvalue weighted by molar-refractivity contribution is 7.98. The number of amides is 1. The van der Waals surface area contributed by atoms with E-state index < -0.39 is 0 Å². The molecule has 0 unspecified atom stereocenters. The van der Waals surface area contributed by atoms with Gasteiger partial charge in [-0.15, -0.1) is 23.5 Å². The molecule has 144 valence electrons. The molecule has 0 bridgehead atoms. The van der Waals surface area contributed by atoms with Crippen LogP contribution in [0, 0.1) is 5.82 Å². The number of benzene rings is 2. The molecule has 0 saturated carbocycles. The van der Waals surface area contributed by atoms with Gasteiger partial charge in [-0.3, -0.25) is 4.79 Å². The average molecular weight is 415 g/mol. The summed E-state index contributed by atoms with van der Waals surface area (Å²) in [6, 6.07) is 13.5. The monoisotopic (exact) mass is 414 g/mol. The van der Waals surface area contributed by atoms with E-state index in [9.17, 15) is 9.18 Å². The lowest BCUT2D eigenvalue weighted by Crippen LogP contribution is -2.17. The maximum atomic E-state index is 13.2. The van der Waals surface area contributed by atoms with E-state index in [0.29, 0.717) is 33.5 Å². The van der Waals surface area contributed by atoms with Crippen molar-refractivity contribution in [2.75, 3.05) is 30.2 Å². The van der Waals surface area contributed by atoms with E-state index in [-0.39, 0.29) is 11.7 Å². The summed E-state index contributed by atoms with van der Waals surface area (Å²) in [4.78, 5) is 23.0. The molecule has 0 saturated heterocycles. The number of carbonyl (C=O) groups is 1. The molecule has 2 aromatic carbocycles. The zero-order valence-electron chi connectivity index (χ0n) is 15.6. The van der Waals surface area contributed by atoms with Crippen LogP contribution in [-0.2, 0) is 0 Å². The van der Waals surface area contributed by atoms with Crippen LogP contribution in [-0.4, -0.2) is 35.4 Å². The predicted octanol–water partition coefficient (Wildman–Crippen LogP) is 5.02. The summed E-state index contributed by atoms with van der Waals surface area (Å²) in [6.45, 7) is 0. The lowest BCUT2D eigenvalue weighted by atomic mass is 10.2. The Labute approximate surface area is 171 Å². The second-order valence-electron chi connectivity index (χ2n) is 5.72.